The molecule has 1 amide bonds. The highest BCUT2D eigenvalue weighted by molar-refractivity contribution is 7.19. The number of rotatable bonds is 5. The Morgan fingerprint density at radius 1 is 1.07 bits per heavy atom. The molecule has 0 aliphatic heterocycles. The first-order chi connectivity index (χ1) is 13.5. The lowest BCUT2D eigenvalue weighted by atomic mass is 10.0. The van der Waals surface area contributed by atoms with Crippen LogP contribution < -0.4 is 5.32 Å². The minimum Gasteiger partial charge on any atom is -0.348 e. The first kappa shape index (κ1) is 18.3. The summed E-state index contributed by atoms with van der Waals surface area (Å²) < 4.78 is 1.75. The van der Waals surface area contributed by atoms with Crippen LogP contribution >= 0.6 is 11.3 Å². The van der Waals surface area contributed by atoms with Crippen molar-refractivity contribution in [3.63, 3.8) is 0 Å². The maximum atomic E-state index is 12.4. The predicted molar refractivity (Wildman–Crippen MR) is 111 cm³/mol. The van der Waals surface area contributed by atoms with Crippen molar-refractivity contribution < 1.29 is 4.79 Å². The van der Waals surface area contributed by atoms with Crippen molar-refractivity contribution >= 4 is 22.2 Å². The molecule has 28 heavy (non-hydrogen) atoms. The number of nitrogens with one attached hydrogen (secondary N) is 1. The number of benzene rings is 2. The van der Waals surface area contributed by atoms with E-state index in [4.69, 9.17) is 0 Å². The first-order valence-corrected chi connectivity index (χ1v) is 9.99. The molecule has 0 spiro atoms. The average molecular weight is 392 g/mol. The highest BCUT2D eigenvalue weighted by atomic mass is 32.1. The van der Waals surface area contributed by atoms with Crippen LogP contribution in [0.25, 0.3) is 15.5 Å². The molecule has 0 aliphatic carbocycles. The van der Waals surface area contributed by atoms with Crippen molar-refractivity contribution in [3.8, 4) is 10.6 Å². The Balaban J connectivity index is 1.40. The lowest BCUT2D eigenvalue weighted by molar-refractivity contribution is 0.0951. The number of hydrogen-bond donors (Lipinski definition) is 1. The van der Waals surface area contributed by atoms with Crippen LogP contribution in [0, 0.1) is 6.92 Å². The largest absolute Gasteiger partial charge is 0.348 e. The van der Waals surface area contributed by atoms with Crippen LogP contribution in [0.4, 0.5) is 0 Å². The molecule has 0 saturated carbocycles. The molecule has 0 radical (unpaired) electrons. The number of carbonyl (C=O) groups excluding carboxylic acids is 1. The molecule has 0 atom stereocenters. The van der Waals surface area contributed by atoms with E-state index in [-0.39, 0.29) is 5.91 Å². The fraction of sp³-hybridized carbons (Fsp3) is 0.238. The second kappa shape index (κ2) is 7.52. The second-order valence-electron chi connectivity index (χ2n) is 7.01. The SMILES string of the molecule is Cc1nnc2sc(-c3ccc(CNC(=O)c4ccc(C(C)C)cc4)cc3)nn12. The molecular formula is C21H21N5OS. The molecule has 0 unspecified atom stereocenters. The van der Waals surface area contributed by atoms with Gasteiger partial charge in [0.1, 0.15) is 5.01 Å². The Bertz CT molecular complexity index is 1110. The summed E-state index contributed by atoms with van der Waals surface area (Å²) in [6, 6.07) is 15.8. The number of fused-ring (bicyclic) bond motifs is 1. The quantitative estimate of drug-likeness (QED) is 0.553. The number of carbonyl (C=O) groups is 1. The van der Waals surface area contributed by atoms with E-state index in [1.54, 1.807) is 4.52 Å². The molecule has 2 heterocycles. The summed E-state index contributed by atoms with van der Waals surface area (Å²) in [6.07, 6.45) is 0. The fourth-order valence-corrected chi connectivity index (χ4v) is 3.79. The Kier molecular flexibility index (Phi) is 4.92. The summed E-state index contributed by atoms with van der Waals surface area (Å²) in [7, 11) is 0. The van der Waals surface area contributed by atoms with Crippen molar-refractivity contribution in [2.24, 2.45) is 0 Å². The van der Waals surface area contributed by atoms with Crippen LogP contribution in [0.3, 0.4) is 0 Å². The fourth-order valence-electron chi connectivity index (χ4n) is 2.90. The van der Waals surface area contributed by atoms with Gasteiger partial charge in [-0.2, -0.15) is 9.61 Å². The highest BCUT2D eigenvalue weighted by Crippen LogP contribution is 2.25. The number of aromatic nitrogens is 4. The van der Waals surface area contributed by atoms with E-state index in [1.165, 1.54) is 16.9 Å². The standard InChI is InChI=1S/C21H21N5OS/c1-13(2)16-8-10-17(11-9-16)19(27)22-12-15-4-6-18(7-5-15)20-25-26-14(3)23-24-21(26)28-20/h4-11,13H,12H2,1-3H3,(H,22,27). The van der Waals surface area contributed by atoms with Crippen molar-refractivity contribution in [1.82, 2.24) is 25.1 Å². The van der Waals surface area contributed by atoms with Gasteiger partial charge in [0, 0.05) is 17.7 Å². The number of hydrogen-bond acceptors (Lipinski definition) is 5. The van der Waals surface area contributed by atoms with E-state index < -0.39 is 0 Å². The van der Waals surface area contributed by atoms with Crippen LogP contribution in [-0.2, 0) is 6.54 Å². The molecule has 1 N–H and O–H groups in total. The topological polar surface area (TPSA) is 72.2 Å². The van der Waals surface area contributed by atoms with Crippen molar-refractivity contribution in [1.29, 1.82) is 0 Å². The third-order valence-electron chi connectivity index (χ3n) is 4.64. The zero-order valence-electron chi connectivity index (χ0n) is 16.0. The van der Waals surface area contributed by atoms with Crippen LogP contribution in [-0.4, -0.2) is 25.7 Å². The van der Waals surface area contributed by atoms with E-state index in [0.29, 0.717) is 18.0 Å². The molecule has 0 fully saturated rings. The zero-order chi connectivity index (χ0) is 19.7. The van der Waals surface area contributed by atoms with Gasteiger partial charge in [0.15, 0.2) is 5.82 Å². The minimum absolute atomic E-state index is 0.0662. The number of aryl methyl sites for hydroxylation is 1. The summed E-state index contributed by atoms with van der Waals surface area (Å²) >= 11 is 1.50. The maximum absolute atomic E-state index is 12.4. The van der Waals surface area contributed by atoms with Gasteiger partial charge in [-0.25, -0.2) is 0 Å². The highest BCUT2D eigenvalue weighted by Gasteiger charge is 2.11. The Labute approximate surface area is 167 Å². The molecule has 4 aromatic rings. The van der Waals surface area contributed by atoms with E-state index in [9.17, 15) is 4.79 Å². The Hall–Kier alpha value is -3.06. The van der Waals surface area contributed by atoms with Gasteiger partial charge in [-0.1, -0.05) is 61.6 Å². The minimum atomic E-state index is -0.0662. The van der Waals surface area contributed by atoms with Crippen molar-refractivity contribution in [3.05, 3.63) is 71.0 Å². The smallest absolute Gasteiger partial charge is 0.251 e. The van der Waals surface area contributed by atoms with Gasteiger partial charge in [-0.3, -0.25) is 4.79 Å². The number of amides is 1. The van der Waals surface area contributed by atoms with Crippen LogP contribution in [0.1, 0.15) is 47.1 Å². The van der Waals surface area contributed by atoms with E-state index in [2.05, 4.69) is 34.5 Å². The predicted octanol–water partition coefficient (Wildman–Crippen LogP) is 4.21. The molecule has 0 bridgehead atoms. The van der Waals surface area contributed by atoms with E-state index in [1.807, 2.05) is 55.5 Å². The van der Waals surface area contributed by atoms with Crippen LogP contribution in [0.5, 0.6) is 0 Å². The number of nitrogens with zero attached hydrogens (tertiary/aromatic N) is 4. The molecule has 7 heteroatoms. The molecule has 2 aromatic carbocycles. The maximum Gasteiger partial charge on any atom is 0.251 e. The van der Waals surface area contributed by atoms with Crippen LogP contribution in [0.15, 0.2) is 48.5 Å². The molecule has 2 aromatic heterocycles. The Morgan fingerprint density at radius 2 is 1.79 bits per heavy atom. The van der Waals surface area contributed by atoms with Gasteiger partial charge in [0.2, 0.25) is 4.96 Å². The summed E-state index contributed by atoms with van der Waals surface area (Å²) in [5, 5.41) is 16.5. The van der Waals surface area contributed by atoms with Gasteiger partial charge in [0.25, 0.3) is 5.91 Å². The van der Waals surface area contributed by atoms with Crippen molar-refractivity contribution in [2.45, 2.75) is 33.2 Å². The second-order valence-corrected chi connectivity index (χ2v) is 7.96. The third-order valence-corrected chi connectivity index (χ3v) is 5.59. The van der Waals surface area contributed by atoms with Gasteiger partial charge in [-0.05, 0) is 36.1 Å². The normalized spacial score (nSPS) is 11.3. The van der Waals surface area contributed by atoms with Gasteiger partial charge < -0.3 is 5.32 Å². The van der Waals surface area contributed by atoms with Gasteiger partial charge in [0.05, 0.1) is 0 Å². The molecule has 142 valence electrons. The molecule has 6 nitrogen and oxygen atoms in total. The summed E-state index contributed by atoms with van der Waals surface area (Å²) in [5.41, 5.74) is 3.97. The van der Waals surface area contributed by atoms with Crippen LogP contribution in [0.2, 0.25) is 0 Å². The van der Waals surface area contributed by atoms with Gasteiger partial charge in [-0.15, -0.1) is 10.2 Å². The Morgan fingerprint density at radius 3 is 2.43 bits per heavy atom. The molecular weight excluding hydrogens is 370 g/mol. The van der Waals surface area contributed by atoms with E-state index >= 15 is 0 Å². The summed E-state index contributed by atoms with van der Waals surface area (Å²) in [6.45, 7) is 6.64. The summed E-state index contributed by atoms with van der Waals surface area (Å²) in [5.74, 6) is 1.17. The lowest BCUT2D eigenvalue weighted by Crippen LogP contribution is -2.22. The zero-order valence-corrected chi connectivity index (χ0v) is 16.8. The average Bonchev–Trinajstić information content (AvgIpc) is 3.29. The molecule has 0 saturated heterocycles. The van der Waals surface area contributed by atoms with Gasteiger partial charge >= 0.3 is 0 Å². The lowest BCUT2D eigenvalue weighted by Gasteiger charge is -2.08. The summed E-state index contributed by atoms with van der Waals surface area (Å²) in [4.78, 5) is 13.1. The molecule has 4 rings (SSSR count). The third kappa shape index (κ3) is 3.66. The first-order valence-electron chi connectivity index (χ1n) is 9.17. The van der Waals surface area contributed by atoms with E-state index in [0.717, 1.165) is 26.9 Å². The van der Waals surface area contributed by atoms with Crippen molar-refractivity contribution in [2.75, 3.05) is 0 Å². The molecule has 0 aliphatic rings. The monoisotopic (exact) mass is 391 g/mol.